The molecule has 2 aliphatic rings. The van der Waals surface area contributed by atoms with Gasteiger partial charge in [-0.25, -0.2) is 19.0 Å². The number of aromatic nitrogens is 2. The molecule has 2 aromatic heterocycles. The van der Waals surface area contributed by atoms with Crippen LogP contribution in [0, 0.1) is 17.5 Å². The van der Waals surface area contributed by atoms with Crippen molar-refractivity contribution in [2.24, 2.45) is 11.6 Å². The van der Waals surface area contributed by atoms with Gasteiger partial charge in [0.1, 0.15) is 29.8 Å². The van der Waals surface area contributed by atoms with Crippen molar-refractivity contribution >= 4 is 44.7 Å². The van der Waals surface area contributed by atoms with Crippen LogP contribution in [0.25, 0.3) is 5.70 Å². The van der Waals surface area contributed by atoms with Gasteiger partial charge in [-0.05, 0) is 34.1 Å². The Labute approximate surface area is 226 Å². The molecule has 4 N–H and O–H groups in total. The molecule has 8 nitrogen and oxygen atoms in total. The highest BCUT2D eigenvalue weighted by molar-refractivity contribution is 9.10. The van der Waals surface area contributed by atoms with E-state index in [1.165, 1.54) is 34.3 Å². The van der Waals surface area contributed by atoms with Crippen LogP contribution in [0.15, 0.2) is 57.9 Å². The molecule has 0 spiro atoms. The predicted octanol–water partition coefficient (Wildman–Crippen LogP) is 4.02. The standard InChI is InChI=1S/C23H21BrF3N5O3S2/c24-12-3-13(5-30-4-12)37-23-22(33-8-14-6-31-10-36-14)20(21-18(35-23)9-34-21)32(29)7-17(28)11-1-15(25)19(27)16(26)2-11/h1-7,10,18,20-23H,8-9,28-29H2/b17-7-. The van der Waals surface area contributed by atoms with E-state index in [2.05, 4.69) is 25.9 Å². The topological polar surface area (TPSA) is 109 Å². The van der Waals surface area contributed by atoms with Gasteiger partial charge in [0.2, 0.25) is 0 Å². The van der Waals surface area contributed by atoms with Gasteiger partial charge in [-0.1, -0.05) is 11.8 Å². The molecule has 14 heteroatoms. The number of pyridine rings is 1. The summed E-state index contributed by atoms with van der Waals surface area (Å²) < 4.78 is 60.2. The molecule has 4 heterocycles. The second-order valence-electron chi connectivity index (χ2n) is 8.32. The lowest BCUT2D eigenvalue weighted by Gasteiger charge is -2.53. The smallest absolute Gasteiger partial charge is 0.194 e. The average Bonchev–Trinajstić information content (AvgIpc) is 3.36. The van der Waals surface area contributed by atoms with Crippen molar-refractivity contribution in [2.45, 2.75) is 41.3 Å². The summed E-state index contributed by atoms with van der Waals surface area (Å²) in [7, 11) is 0. The molecule has 1 aromatic carbocycles. The number of thiazole rings is 1. The number of hydrazine groups is 1. The molecule has 3 aromatic rings. The number of hydrogen-bond donors (Lipinski definition) is 2. The lowest BCUT2D eigenvalue weighted by molar-refractivity contribution is -0.277. The van der Waals surface area contributed by atoms with Gasteiger partial charge in [-0.3, -0.25) is 9.97 Å². The van der Waals surface area contributed by atoms with Crippen molar-refractivity contribution in [3.05, 3.63) is 80.9 Å². The number of halogens is 4. The van der Waals surface area contributed by atoms with Crippen LogP contribution in [0.5, 0.6) is 0 Å². The van der Waals surface area contributed by atoms with Gasteiger partial charge in [-0.2, -0.15) is 0 Å². The van der Waals surface area contributed by atoms with E-state index < -0.39 is 41.1 Å². The van der Waals surface area contributed by atoms with Crippen LogP contribution in [0.1, 0.15) is 10.4 Å². The van der Waals surface area contributed by atoms with Gasteiger partial charge in [0.15, 0.2) is 17.5 Å². The van der Waals surface area contributed by atoms with Gasteiger partial charge in [0.25, 0.3) is 0 Å². The molecular formula is C23H21BrF3N5O3S2. The Kier molecular flexibility index (Phi) is 8.04. The minimum atomic E-state index is -1.57. The van der Waals surface area contributed by atoms with E-state index in [1.54, 1.807) is 24.1 Å². The van der Waals surface area contributed by atoms with Gasteiger partial charge in [0.05, 0.1) is 29.3 Å². The summed E-state index contributed by atoms with van der Waals surface area (Å²) in [5.74, 6) is 2.18. The number of fused-ring (bicyclic) bond motifs is 1. The van der Waals surface area contributed by atoms with E-state index >= 15 is 0 Å². The molecule has 5 unspecified atom stereocenters. The predicted molar refractivity (Wildman–Crippen MR) is 135 cm³/mol. The fourth-order valence-corrected chi connectivity index (χ4v) is 6.24. The van der Waals surface area contributed by atoms with Crippen LogP contribution in [0.2, 0.25) is 0 Å². The van der Waals surface area contributed by atoms with E-state index in [1.807, 2.05) is 6.07 Å². The lowest BCUT2D eigenvalue weighted by Crippen LogP contribution is -2.70. The maximum atomic E-state index is 13.8. The quantitative estimate of drug-likeness (QED) is 0.221. The Hall–Kier alpha value is -2.20. The molecule has 2 aliphatic heterocycles. The number of nitrogens with zero attached hydrogens (tertiary/aromatic N) is 3. The zero-order valence-electron chi connectivity index (χ0n) is 19.0. The monoisotopic (exact) mass is 615 g/mol. The van der Waals surface area contributed by atoms with Crippen LogP contribution in [0.4, 0.5) is 13.2 Å². The molecule has 37 heavy (non-hydrogen) atoms. The van der Waals surface area contributed by atoms with E-state index in [-0.39, 0.29) is 24.0 Å². The Morgan fingerprint density at radius 2 is 2.00 bits per heavy atom. The maximum absolute atomic E-state index is 13.8. The van der Waals surface area contributed by atoms with Crippen molar-refractivity contribution < 1.29 is 27.4 Å². The third-order valence-electron chi connectivity index (χ3n) is 5.85. The summed E-state index contributed by atoms with van der Waals surface area (Å²) in [6, 6.07) is 2.95. The zero-order valence-corrected chi connectivity index (χ0v) is 22.2. The Balaban J connectivity index is 1.44. The summed E-state index contributed by atoms with van der Waals surface area (Å²) >= 11 is 6.30. The van der Waals surface area contributed by atoms with Gasteiger partial charge in [-0.15, -0.1) is 11.3 Å². The fraction of sp³-hybridized carbons (Fsp3) is 0.304. The van der Waals surface area contributed by atoms with Gasteiger partial charge in [0, 0.05) is 39.7 Å². The number of nitrogens with two attached hydrogens (primary N) is 2. The number of ether oxygens (including phenoxy) is 3. The number of hydrogen-bond acceptors (Lipinski definition) is 10. The number of benzene rings is 1. The summed E-state index contributed by atoms with van der Waals surface area (Å²) in [5.41, 5.74) is 7.19. The van der Waals surface area contributed by atoms with Crippen molar-refractivity contribution in [1.29, 1.82) is 0 Å². The van der Waals surface area contributed by atoms with Gasteiger partial charge >= 0.3 is 0 Å². The summed E-state index contributed by atoms with van der Waals surface area (Å²) in [5, 5.41) is 1.30. The molecule has 0 radical (unpaired) electrons. The van der Waals surface area contributed by atoms with Crippen molar-refractivity contribution in [3.63, 3.8) is 0 Å². The maximum Gasteiger partial charge on any atom is 0.194 e. The van der Waals surface area contributed by atoms with E-state index in [0.717, 1.165) is 26.4 Å². The first kappa shape index (κ1) is 26.4. The third-order valence-corrected chi connectivity index (χ3v) is 8.15. The van der Waals surface area contributed by atoms with Crippen molar-refractivity contribution in [1.82, 2.24) is 15.0 Å². The molecule has 5 atom stereocenters. The lowest BCUT2D eigenvalue weighted by atomic mass is 9.92. The largest absolute Gasteiger partial charge is 0.397 e. The second-order valence-corrected chi connectivity index (χ2v) is 11.4. The molecule has 196 valence electrons. The second kappa shape index (κ2) is 11.3. The third kappa shape index (κ3) is 5.79. The summed E-state index contributed by atoms with van der Waals surface area (Å²) in [6.45, 7) is 0.625. The number of thioether (sulfide) groups is 1. The van der Waals surface area contributed by atoms with Crippen LogP contribution in [-0.4, -0.2) is 51.4 Å². The molecule has 0 aliphatic carbocycles. The van der Waals surface area contributed by atoms with Crippen LogP contribution >= 0.6 is 39.0 Å². The van der Waals surface area contributed by atoms with E-state index in [4.69, 9.17) is 25.8 Å². The highest BCUT2D eigenvalue weighted by Crippen LogP contribution is 2.41. The average molecular weight is 616 g/mol. The highest BCUT2D eigenvalue weighted by Gasteiger charge is 2.54. The van der Waals surface area contributed by atoms with Crippen LogP contribution in [-0.2, 0) is 20.8 Å². The molecule has 5 rings (SSSR count). The highest BCUT2D eigenvalue weighted by atomic mass is 79.9. The number of rotatable bonds is 8. The molecule has 0 saturated carbocycles. The first-order valence-corrected chi connectivity index (χ1v) is 13.5. The van der Waals surface area contributed by atoms with Crippen molar-refractivity contribution in [3.8, 4) is 0 Å². The minimum absolute atomic E-state index is 0.0572. The Morgan fingerprint density at radius 3 is 2.65 bits per heavy atom. The normalized spacial score (nSPS) is 25.4. The SMILES string of the molecule is N/C(=C\N(N)C1C2OCC2OC(Sc2cncc(Br)c2)C1OCc1cncs1)c1cc(F)c(F)c(F)c1. The molecular weight excluding hydrogens is 595 g/mol. The first-order chi connectivity index (χ1) is 17.8. The molecule has 0 bridgehead atoms. The fourth-order valence-electron chi connectivity index (χ4n) is 4.06. The molecule has 2 saturated heterocycles. The van der Waals surface area contributed by atoms with Crippen molar-refractivity contribution in [2.75, 3.05) is 6.61 Å². The first-order valence-electron chi connectivity index (χ1n) is 11.0. The Bertz CT molecular complexity index is 1270. The summed E-state index contributed by atoms with van der Waals surface area (Å²) in [6.07, 6.45) is 5.11. The minimum Gasteiger partial charge on any atom is -0.397 e. The van der Waals surface area contributed by atoms with Crippen LogP contribution in [0.3, 0.4) is 0 Å². The molecule has 0 amide bonds. The van der Waals surface area contributed by atoms with Gasteiger partial charge < -0.3 is 25.0 Å². The van der Waals surface area contributed by atoms with Crippen LogP contribution < -0.4 is 11.6 Å². The van der Waals surface area contributed by atoms with E-state index in [0.29, 0.717) is 6.61 Å². The molecule has 2 fully saturated rings. The van der Waals surface area contributed by atoms with E-state index in [9.17, 15) is 13.2 Å². The zero-order chi connectivity index (χ0) is 26.1. The summed E-state index contributed by atoms with van der Waals surface area (Å²) in [4.78, 5) is 10.0. The Morgan fingerprint density at radius 1 is 1.22 bits per heavy atom.